The maximum absolute atomic E-state index is 10.9. The Hall–Kier alpha value is -1.64. The summed E-state index contributed by atoms with van der Waals surface area (Å²) in [6.45, 7) is 6.99. The summed E-state index contributed by atoms with van der Waals surface area (Å²) in [5.41, 5.74) is 4.50. The van der Waals surface area contributed by atoms with E-state index < -0.39 is 10.1 Å². The Morgan fingerprint density at radius 1 is 1.24 bits per heavy atom. The topological polar surface area (TPSA) is 122 Å². The molecule has 1 aromatic carbocycles. The Kier molecular flexibility index (Phi) is 7.34. The fourth-order valence-corrected chi connectivity index (χ4v) is 1.36. The maximum atomic E-state index is 10.9. The molecule has 0 aliphatic heterocycles. The molecule has 7 nitrogen and oxygen atoms in total. The van der Waals surface area contributed by atoms with Crippen molar-refractivity contribution in [2.75, 3.05) is 6.26 Å². The van der Waals surface area contributed by atoms with Crippen molar-refractivity contribution in [2.24, 2.45) is 5.84 Å². The third-order valence-corrected chi connectivity index (χ3v) is 2.40. The standard InChI is InChI=1S/C12H19N3O.CH4O3S/c1-12(2,3)10-6-4-9(5-7-10)8-14-11(16)15-13;1-5(2,3)4/h4-7H,8,13H2,1-3H3,(H2,14,15,16);1H3,(H,2,3,4). The van der Waals surface area contributed by atoms with Gasteiger partial charge >= 0.3 is 6.03 Å². The summed E-state index contributed by atoms with van der Waals surface area (Å²) in [5, 5.41) is 2.63. The van der Waals surface area contributed by atoms with Crippen molar-refractivity contribution in [3.8, 4) is 0 Å². The van der Waals surface area contributed by atoms with Gasteiger partial charge in [-0.05, 0) is 16.5 Å². The van der Waals surface area contributed by atoms with E-state index in [1.54, 1.807) is 0 Å². The predicted octanol–water partition coefficient (Wildman–Crippen LogP) is 1.16. The van der Waals surface area contributed by atoms with Crippen molar-refractivity contribution in [1.29, 1.82) is 0 Å². The van der Waals surface area contributed by atoms with Crippen molar-refractivity contribution in [3.63, 3.8) is 0 Å². The Labute approximate surface area is 125 Å². The van der Waals surface area contributed by atoms with Crippen molar-refractivity contribution in [3.05, 3.63) is 35.4 Å². The average Bonchev–Trinajstić information content (AvgIpc) is 2.33. The number of benzene rings is 1. The van der Waals surface area contributed by atoms with Crippen molar-refractivity contribution < 1.29 is 17.8 Å². The molecule has 0 aromatic heterocycles. The van der Waals surface area contributed by atoms with Gasteiger partial charge in [-0.2, -0.15) is 8.42 Å². The van der Waals surface area contributed by atoms with Crippen LogP contribution in [0.3, 0.4) is 0 Å². The van der Waals surface area contributed by atoms with Crippen LogP contribution in [0.2, 0.25) is 0 Å². The van der Waals surface area contributed by atoms with E-state index in [0.29, 0.717) is 12.8 Å². The first-order valence-corrected chi connectivity index (χ1v) is 8.04. The fraction of sp³-hybridized carbons (Fsp3) is 0.462. The first-order valence-electron chi connectivity index (χ1n) is 6.20. The van der Waals surface area contributed by atoms with Gasteiger partial charge in [0.15, 0.2) is 0 Å². The van der Waals surface area contributed by atoms with E-state index in [9.17, 15) is 13.2 Å². The lowest BCUT2D eigenvalue weighted by molar-refractivity contribution is 0.241. The molecule has 0 saturated carbocycles. The second-order valence-corrected chi connectivity index (χ2v) is 6.97. The van der Waals surface area contributed by atoms with Crippen LogP contribution in [0.1, 0.15) is 31.9 Å². The summed E-state index contributed by atoms with van der Waals surface area (Å²) in [4.78, 5) is 10.9. The molecule has 120 valence electrons. The zero-order chi connectivity index (χ0) is 16.7. The first-order chi connectivity index (χ1) is 9.43. The van der Waals surface area contributed by atoms with Gasteiger partial charge in [0.25, 0.3) is 10.1 Å². The largest absolute Gasteiger partial charge is 0.333 e. The van der Waals surface area contributed by atoms with E-state index >= 15 is 0 Å². The molecule has 0 fully saturated rings. The molecule has 0 radical (unpaired) electrons. The van der Waals surface area contributed by atoms with Gasteiger partial charge in [-0.25, -0.2) is 10.6 Å². The zero-order valence-corrected chi connectivity index (χ0v) is 13.5. The fourth-order valence-electron chi connectivity index (χ4n) is 1.36. The van der Waals surface area contributed by atoms with Gasteiger partial charge < -0.3 is 5.32 Å². The summed E-state index contributed by atoms with van der Waals surface area (Å²) in [5.74, 6) is 4.96. The lowest BCUT2D eigenvalue weighted by Crippen LogP contribution is -2.39. The quantitative estimate of drug-likeness (QED) is 0.282. The second kappa shape index (κ2) is 7.96. The molecule has 0 spiro atoms. The van der Waals surface area contributed by atoms with Crippen molar-refractivity contribution in [2.45, 2.75) is 32.7 Å². The first kappa shape index (κ1) is 19.4. The monoisotopic (exact) mass is 317 g/mol. The Balaban J connectivity index is 0.000000690. The Bertz CT molecular complexity index is 540. The van der Waals surface area contributed by atoms with Crippen molar-refractivity contribution in [1.82, 2.24) is 10.7 Å². The third kappa shape index (κ3) is 10.8. The van der Waals surface area contributed by atoms with Crippen LogP contribution in [0, 0.1) is 0 Å². The van der Waals surface area contributed by atoms with E-state index in [0.717, 1.165) is 5.56 Å². The molecule has 0 aliphatic carbocycles. The molecule has 0 heterocycles. The summed E-state index contributed by atoms with van der Waals surface area (Å²) in [6, 6.07) is 7.81. The highest BCUT2D eigenvalue weighted by Crippen LogP contribution is 2.21. The van der Waals surface area contributed by atoms with Gasteiger partial charge in [0, 0.05) is 6.54 Å². The van der Waals surface area contributed by atoms with Crippen LogP contribution >= 0.6 is 0 Å². The number of rotatable bonds is 2. The highest BCUT2D eigenvalue weighted by Gasteiger charge is 2.12. The predicted molar refractivity (Wildman–Crippen MR) is 82.2 cm³/mol. The van der Waals surface area contributed by atoms with Gasteiger partial charge in [0.2, 0.25) is 0 Å². The number of nitrogens with two attached hydrogens (primary N) is 1. The SMILES string of the molecule is CC(C)(C)c1ccc(CNC(=O)NN)cc1.CS(=O)(=O)O. The minimum Gasteiger partial charge on any atom is -0.333 e. The number of nitrogens with one attached hydrogen (secondary N) is 2. The molecule has 1 rings (SSSR count). The molecule has 1 aromatic rings. The molecule has 5 N–H and O–H groups in total. The lowest BCUT2D eigenvalue weighted by Gasteiger charge is -2.19. The minimum absolute atomic E-state index is 0.153. The van der Waals surface area contributed by atoms with Crippen LogP contribution in [0.25, 0.3) is 0 Å². The van der Waals surface area contributed by atoms with E-state index in [2.05, 4.69) is 38.2 Å². The molecule has 8 heteroatoms. The third-order valence-electron chi connectivity index (χ3n) is 2.40. The van der Waals surface area contributed by atoms with Crippen molar-refractivity contribution >= 4 is 16.1 Å². The highest BCUT2D eigenvalue weighted by atomic mass is 32.2. The average molecular weight is 317 g/mol. The van der Waals surface area contributed by atoms with Crippen LogP contribution in [-0.2, 0) is 22.1 Å². The van der Waals surface area contributed by atoms with Crippen LogP contribution in [-0.4, -0.2) is 25.3 Å². The van der Waals surface area contributed by atoms with Crippen LogP contribution in [0.5, 0.6) is 0 Å². The van der Waals surface area contributed by atoms with Gasteiger partial charge in [0.05, 0.1) is 6.26 Å². The molecule has 0 saturated heterocycles. The summed E-state index contributed by atoms with van der Waals surface area (Å²) >= 11 is 0. The van der Waals surface area contributed by atoms with E-state index in [1.165, 1.54) is 5.56 Å². The molecular weight excluding hydrogens is 294 g/mol. The normalized spacial score (nSPS) is 11.1. The van der Waals surface area contributed by atoms with E-state index in [4.69, 9.17) is 10.4 Å². The van der Waals surface area contributed by atoms with Crippen LogP contribution in [0.15, 0.2) is 24.3 Å². The van der Waals surface area contributed by atoms with Gasteiger partial charge in [-0.1, -0.05) is 45.0 Å². The summed E-state index contributed by atoms with van der Waals surface area (Å²) in [7, 11) is -3.67. The number of hydrazine groups is 1. The minimum atomic E-state index is -3.67. The Morgan fingerprint density at radius 3 is 2.00 bits per heavy atom. The number of hydrogen-bond acceptors (Lipinski definition) is 4. The number of urea groups is 1. The smallest absolute Gasteiger partial charge is 0.329 e. The molecule has 21 heavy (non-hydrogen) atoms. The molecule has 2 amide bonds. The Morgan fingerprint density at radius 2 is 1.67 bits per heavy atom. The molecular formula is C13H23N3O4S. The lowest BCUT2D eigenvalue weighted by atomic mass is 9.87. The number of hydrogen-bond donors (Lipinski definition) is 4. The van der Waals surface area contributed by atoms with Gasteiger partial charge in [-0.15, -0.1) is 0 Å². The van der Waals surface area contributed by atoms with E-state index in [1.807, 2.05) is 17.6 Å². The number of amides is 2. The van der Waals surface area contributed by atoms with Crippen LogP contribution < -0.4 is 16.6 Å². The molecule has 0 unspecified atom stereocenters. The highest BCUT2D eigenvalue weighted by molar-refractivity contribution is 7.85. The second-order valence-electron chi connectivity index (χ2n) is 5.51. The summed E-state index contributed by atoms with van der Waals surface area (Å²) < 4.78 is 25.9. The zero-order valence-electron chi connectivity index (χ0n) is 12.7. The summed E-state index contributed by atoms with van der Waals surface area (Å²) in [6.07, 6.45) is 0.715. The molecule has 0 bridgehead atoms. The van der Waals surface area contributed by atoms with Gasteiger partial charge in [0.1, 0.15) is 0 Å². The van der Waals surface area contributed by atoms with Crippen LogP contribution in [0.4, 0.5) is 4.79 Å². The maximum Gasteiger partial charge on any atom is 0.329 e. The number of carbonyl (C=O) groups is 1. The van der Waals surface area contributed by atoms with E-state index in [-0.39, 0.29) is 11.4 Å². The molecule has 0 aliphatic rings. The molecule has 0 atom stereocenters. The van der Waals surface area contributed by atoms with Gasteiger partial charge in [-0.3, -0.25) is 9.98 Å². The number of carbonyl (C=O) groups excluding carboxylic acids is 1.